The minimum atomic E-state index is -1.94. The Hall–Kier alpha value is -3.58. The van der Waals surface area contributed by atoms with Crippen molar-refractivity contribution in [2.24, 2.45) is 5.92 Å². The maximum Gasteiger partial charge on any atom is 0.254 e. The number of nitrogens with zero attached hydrogens (tertiary/aromatic N) is 2. The molecule has 0 bridgehead atoms. The van der Waals surface area contributed by atoms with Crippen LogP contribution in [0.2, 0.25) is 0 Å². The lowest BCUT2D eigenvalue weighted by Crippen LogP contribution is -2.54. The second-order valence-electron chi connectivity index (χ2n) is 9.52. The van der Waals surface area contributed by atoms with Gasteiger partial charge < -0.3 is 20.4 Å². The summed E-state index contributed by atoms with van der Waals surface area (Å²) in [7, 11) is 0. The van der Waals surface area contributed by atoms with Gasteiger partial charge in [0.1, 0.15) is 0 Å². The lowest BCUT2D eigenvalue weighted by atomic mass is 9.97. The van der Waals surface area contributed by atoms with Crippen LogP contribution >= 0.6 is 11.3 Å². The first kappa shape index (κ1) is 36.4. The van der Waals surface area contributed by atoms with E-state index in [-0.39, 0.29) is 18.3 Å². The molecule has 2 amide bonds. The number of benzene rings is 1. The molecule has 1 heterocycles. The molecule has 1 aromatic heterocycles. The molecule has 0 aliphatic carbocycles. The Morgan fingerprint density at radius 1 is 1.24 bits per heavy atom. The van der Waals surface area contributed by atoms with Crippen molar-refractivity contribution in [3.63, 3.8) is 0 Å². The molecule has 0 saturated heterocycles. The second kappa shape index (κ2) is 19.5. The quantitative estimate of drug-likeness (QED) is 0.186. The van der Waals surface area contributed by atoms with E-state index in [1.54, 1.807) is 25.1 Å². The highest BCUT2D eigenvalue weighted by atomic mass is 32.1. The standard InChI is InChI=1S/C31H38FN3O4S.C2H6/c1-5-16-35(22(4)24(6-2)13-9-10-21(3)32)31(39)29(37)28(36)30(38)34-15-14-27-18-23(20-40-27)17-25-11-7-8-12-26(25)19-33;1-2/h6-13,18,20,22,24,28-29,36-37H,2,5,14-17H2,1,3-4H3,(H,34,38);1-2H3/b13-9?,21-10+;. The van der Waals surface area contributed by atoms with Gasteiger partial charge in [-0.3, -0.25) is 9.59 Å². The Bertz CT molecular complexity index is 1250. The number of hydrogen-bond donors (Lipinski definition) is 3. The van der Waals surface area contributed by atoms with Crippen molar-refractivity contribution in [1.82, 2.24) is 10.2 Å². The van der Waals surface area contributed by atoms with E-state index in [0.717, 1.165) is 16.0 Å². The van der Waals surface area contributed by atoms with Crippen molar-refractivity contribution in [2.45, 2.75) is 72.1 Å². The number of thiophene rings is 1. The predicted octanol–water partition coefficient (Wildman–Crippen LogP) is 5.48. The highest BCUT2D eigenvalue weighted by Gasteiger charge is 2.35. The maximum atomic E-state index is 13.1. The molecule has 0 saturated carbocycles. The van der Waals surface area contributed by atoms with Gasteiger partial charge in [-0.1, -0.05) is 57.2 Å². The maximum absolute atomic E-state index is 13.1. The lowest BCUT2D eigenvalue weighted by Gasteiger charge is -2.34. The second-order valence-corrected chi connectivity index (χ2v) is 10.5. The van der Waals surface area contributed by atoms with Gasteiger partial charge >= 0.3 is 0 Å². The molecular weight excluding hydrogens is 553 g/mol. The van der Waals surface area contributed by atoms with Crippen LogP contribution in [0.3, 0.4) is 0 Å². The van der Waals surface area contributed by atoms with Crippen molar-refractivity contribution in [3.05, 3.63) is 94.0 Å². The Balaban J connectivity index is 0.00000431. The van der Waals surface area contributed by atoms with Gasteiger partial charge in [0.05, 0.1) is 17.5 Å². The summed E-state index contributed by atoms with van der Waals surface area (Å²) >= 11 is 1.53. The number of carbonyl (C=O) groups is 2. The topological polar surface area (TPSA) is 114 Å². The number of allylic oxidation sites excluding steroid dienone is 3. The van der Waals surface area contributed by atoms with Crippen LogP contribution in [0.4, 0.5) is 4.39 Å². The zero-order chi connectivity index (χ0) is 31.7. The molecule has 3 N–H and O–H groups in total. The summed E-state index contributed by atoms with van der Waals surface area (Å²) in [5.74, 6) is -2.31. The highest BCUT2D eigenvalue weighted by Crippen LogP contribution is 2.21. The first-order chi connectivity index (χ1) is 20.1. The molecule has 2 aromatic rings. The molecule has 4 atom stereocenters. The molecule has 0 aliphatic rings. The van der Waals surface area contributed by atoms with Gasteiger partial charge in [0, 0.05) is 29.9 Å². The number of rotatable bonds is 15. The minimum Gasteiger partial charge on any atom is -0.380 e. The molecule has 4 unspecified atom stereocenters. The fourth-order valence-corrected chi connectivity index (χ4v) is 5.12. The number of nitriles is 1. The van der Waals surface area contributed by atoms with E-state index >= 15 is 0 Å². The summed E-state index contributed by atoms with van der Waals surface area (Å²) in [6.07, 6.45) is 3.99. The zero-order valence-electron chi connectivity index (χ0n) is 25.2. The van der Waals surface area contributed by atoms with E-state index in [9.17, 15) is 29.5 Å². The molecule has 228 valence electrons. The fraction of sp³-hybridized carbons (Fsp3) is 0.424. The van der Waals surface area contributed by atoms with E-state index in [4.69, 9.17) is 0 Å². The SMILES string of the molecule is C=CC(C=C/C=C(\C)F)C(C)N(CCC)C(=O)C(O)C(O)C(=O)NCCc1cc(Cc2ccccc2C#N)cs1.CC. The summed E-state index contributed by atoms with van der Waals surface area (Å²) in [5.41, 5.74) is 2.64. The third kappa shape index (κ3) is 11.4. The largest absolute Gasteiger partial charge is 0.380 e. The van der Waals surface area contributed by atoms with E-state index in [0.29, 0.717) is 31.4 Å². The summed E-state index contributed by atoms with van der Waals surface area (Å²) < 4.78 is 13.0. The molecule has 9 heteroatoms. The number of carbonyl (C=O) groups excluding carboxylic acids is 2. The summed E-state index contributed by atoms with van der Waals surface area (Å²) in [6.45, 7) is 13.3. The van der Waals surface area contributed by atoms with Crippen molar-refractivity contribution in [1.29, 1.82) is 5.26 Å². The van der Waals surface area contributed by atoms with Crippen LogP contribution in [0.15, 0.2) is 72.4 Å². The number of aliphatic hydroxyl groups excluding tert-OH is 2. The molecule has 0 fully saturated rings. The molecule has 0 radical (unpaired) electrons. The predicted molar refractivity (Wildman–Crippen MR) is 168 cm³/mol. The highest BCUT2D eigenvalue weighted by molar-refractivity contribution is 7.10. The number of nitrogens with one attached hydrogen (secondary N) is 1. The molecule has 1 aromatic carbocycles. The Morgan fingerprint density at radius 3 is 2.55 bits per heavy atom. The van der Waals surface area contributed by atoms with Gasteiger partial charge in [0.25, 0.3) is 11.8 Å². The monoisotopic (exact) mass is 597 g/mol. The molecule has 0 spiro atoms. The van der Waals surface area contributed by atoms with Crippen molar-refractivity contribution in [2.75, 3.05) is 13.1 Å². The average molecular weight is 598 g/mol. The Labute approximate surface area is 253 Å². The van der Waals surface area contributed by atoms with Crippen LogP contribution in [-0.2, 0) is 22.4 Å². The van der Waals surface area contributed by atoms with Crippen LogP contribution in [0, 0.1) is 17.2 Å². The summed E-state index contributed by atoms with van der Waals surface area (Å²) in [6, 6.07) is 11.2. The van der Waals surface area contributed by atoms with Crippen molar-refractivity contribution in [3.8, 4) is 6.07 Å². The van der Waals surface area contributed by atoms with Gasteiger partial charge in [-0.2, -0.15) is 5.26 Å². The molecule has 42 heavy (non-hydrogen) atoms. The Morgan fingerprint density at radius 2 is 1.93 bits per heavy atom. The first-order valence-corrected chi connectivity index (χ1v) is 15.1. The van der Waals surface area contributed by atoms with Gasteiger partial charge in [-0.25, -0.2) is 4.39 Å². The van der Waals surface area contributed by atoms with E-state index in [1.807, 2.05) is 50.4 Å². The number of aliphatic hydroxyl groups is 2. The number of hydrogen-bond acceptors (Lipinski definition) is 6. The molecule has 0 aliphatic heterocycles. The third-order valence-electron chi connectivity index (χ3n) is 6.46. The van der Waals surface area contributed by atoms with Gasteiger partial charge in [-0.05, 0) is 67.8 Å². The van der Waals surface area contributed by atoms with Crippen molar-refractivity contribution >= 4 is 23.2 Å². The van der Waals surface area contributed by atoms with Gasteiger partial charge in [0.15, 0.2) is 12.2 Å². The normalized spacial score (nSPS) is 14.1. The van der Waals surface area contributed by atoms with Crippen LogP contribution in [0.25, 0.3) is 0 Å². The summed E-state index contributed by atoms with van der Waals surface area (Å²) in [5, 5.41) is 34.9. The van der Waals surface area contributed by atoms with Crippen LogP contribution < -0.4 is 5.32 Å². The number of halogens is 1. The Kier molecular flexibility index (Phi) is 16.9. The van der Waals surface area contributed by atoms with Crippen molar-refractivity contribution < 1.29 is 24.2 Å². The van der Waals surface area contributed by atoms with E-state index < -0.39 is 30.1 Å². The lowest BCUT2D eigenvalue weighted by molar-refractivity contribution is -0.155. The van der Waals surface area contributed by atoms with Crippen LogP contribution in [0.1, 0.15) is 62.6 Å². The minimum absolute atomic E-state index is 0.214. The average Bonchev–Trinajstić information content (AvgIpc) is 3.44. The molecule has 2 rings (SSSR count). The summed E-state index contributed by atoms with van der Waals surface area (Å²) in [4.78, 5) is 28.1. The first-order valence-electron chi connectivity index (χ1n) is 14.2. The molecule has 7 nitrogen and oxygen atoms in total. The van der Waals surface area contributed by atoms with E-state index in [1.165, 1.54) is 35.3 Å². The third-order valence-corrected chi connectivity index (χ3v) is 7.50. The van der Waals surface area contributed by atoms with Crippen LogP contribution in [-0.4, -0.2) is 58.3 Å². The fourth-order valence-electron chi connectivity index (χ4n) is 4.23. The smallest absolute Gasteiger partial charge is 0.254 e. The van der Waals surface area contributed by atoms with Crippen LogP contribution in [0.5, 0.6) is 0 Å². The van der Waals surface area contributed by atoms with Gasteiger partial charge in [-0.15, -0.1) is 17.9 Å². The van der Waals surface area contributed by atoms with Gasteiger partial charge in [0.2, 0.25) is 0 Å². The molecular formula is C33H44FN3O4S. The zero-order valence-corrected chi connectivity index (χ0v) is 26.0. The number of amides is 2. The van der Waals surface area contributed by atoms with E-state index in [2.05, 4.69) is 18.0 Å².